The SMILES string of the molecule is CCCC(C(=O)O)C(O)c1ccc(OC)c(OC)c1. The number of rotatable bonds is 7. The molecule has 2 atom stereocenters. The first-order valence-corrected chi connectivity index (χ1v) is 6.17. The second-order valence-corrected chi connectivity index (χ2v) is 4.29. The Kier molecular flexibility index (Phi) is 5.63. The summed E-state index contributed by atoms with van der Waals surface area (Å²) in [6.07, 6.45) is 0.0591. The van der Waals surface area contributed by atoms with Crippen molar-refractivity contribution in [3.63, 3.8) is 0 Å². The van der Waals surface area contributed by atoms with Crippen molar-refractivity contribution in [3.05, 3.63) is 23.8 Å². The average molecular weight is 268 g/mol. The van der Waals surface area contributed by atoms with Gasteiger partial charge in [0.2, 0.25) is 0 Å². The van der Waals surface area contributed by atoms with Gasteiger partial charge in [-0.25, -0.2) is 0 Å². The number of ether oxygens (including phenoxy) is 2. The second kappa shape index (κ2) is 6.99. The Hall–Kier alpha value is -1.75. The highest BCUT2D eigenvalue weighted by Crippen LogP contribution is 2.33. The second-order valence-electron chi connectivity index (χ2n) is 4.29. The van der Waals surface area contributed by atoms with Crippen LogP contribution >= 0.6 is 0 Å². The first-order chi connectivity index (χ1) is 9.04. The molecule has 0 aliphatic carbocycles. The lowest BCUT2D eigenvalue weighted by atomic mass is 9.92. The molecule has 106 valence electrons. The molecule has 1 rings (SSSR count). The number of benzene rings is 1. The minimum Gasteiger partial charge on any atom is -0.493 e. The van der Waals surface area contributed by atoms with Crippen molar-refractivity contribution in [2.75, 3.05) is 14.2 Å². The molecule has 0 spiro atoms. The summed E-state index contributed by atoms with van der Waals surface area (Å²) < 4.78 is 10.2. The monoisotopic (exact) mass is 268 g/mol. The predicted octanol–water partition coefficient (Wildman–Crippen LogP) is 2.24. The topological polar surface area (TPSA) is 76.0 Å². The zero-order valence-corrected chi connectivity index (χ0v) is 11.4. The molecule has 2 N–H and O–H groups in total. The summed E-state index contributed by atoms with van der Waals surface area (Å²) in [4.78, 5) is 11.2. The van der Waals surface area contributed by atoms with Crippen molar-refractivity contribution in [2.45, 2.75) is 25.9 Å². The number of hydrogen-bond donors (Lipinski definition) is 2. The van der Waals surface area contributed by atoms with Gasteiger partial charge in [-0.05, 0) is 24.1 Å². The standard InChI is InChI=1S/C14H20O5/c1-4-5-10(14(16)17)13(15)9-6-7-11(18-2)12(8-9)19-3/h6-8,10,13,15H,4-5H2,1-3H3,(H,16,17). The van der Waals surface area contributed by atoms with Crippen molar-refractivity contribution in [2.24, 2.45) is 5.92 Å². The smallest absolute Gasteiger partial charge is 0.309 e. The van der Waals surface area contributed by atoms with Gasteiger partial charge in [-0.3, -0.25) is 4.79 Å². The minimum atomic E-state index is -1.06. The quantitative estimate of drug-likeness (QED) is 0.793. The van der Waals surface area contributed by atoms with Gasteiger partial charge in [-0.15, -0.1) is 0 Å². The summed E-state index contributed by atoms with van der Waals surface area (Å²) in [5.74, 6) is -0.798. The van der Waals surface area contributed by atoms with Crippen LogP contribution in [0.1, 0.15) is 31.4 Å². The highest BCUT2D eigenvalue weighted by molar-refractivity contribution is 5.71. The fourth-order valence-electron chi connectivity index (χ4n) is 2.00. The van der Waals surface area contributed by atoms with Crippen LogP contribution in [0.25, 0.3) is 0 Å². The fraction of sp³-hybridized carbons (Fsp3) is 0.500. The molecule has 0 saturated heterocycles. The molecule has 0 fully saturated rings. The number of aliphatic hydroxyl groups is 1. The van der Waals surface area contributed by atoms with E-state index in [0.717, 1.165) is 0 Å². The molecular formula is C14H20O5. The molecule has 1 aromatic carbocycles. The van der Waals surface area contributed by atoms with Gasteiger partial charge in [-0.2, -0.15) is 0 Å². The lowest BCUT2D eigenvalue weighted by molar-refractivity contribution is -0.146. The normalized spacial score (nSPS) is 13.7. The third-order valence-electron chi connectivity index (χ3n) is 3.05. The summed E-state index contributed by atoms with van der Waals surface area (Å²) in [6, 6.07) is 4.91. The Labute approximate surface area is 112 Å². The third-order valence-corrected chi connectivity index (χ3v) is 3.05. The molecule has 19 heavy (non-hydrogen) atoms. The Morgan fingerprint density at radius 1 is 1.26 bits per heavy atom. The number of aliphatic hydroxyl groups excluding tert-OH is 1. The number of methoxy groups -OCH3 is 2. The van der Waals surface area contributed by atoms with Crippen molar-refractivity contribution >= 4 is 5.97 Å². The van der Waals surface area contributed by atoms with Crippen molar-refractivity contribution in [1.82, 2.24) is 0 Å². The molecule has 0 bridgehead atoms. The Balaban J connectivity index is 3.04. The van der Waals surface area contributed by atoms with Gasteiger partial charge in [-0.1, -0.05) is 19.4 Å². The van der Waals surface area contributed by atoms with E-state index in [-0.39, 0.29) is 0 Å². The number of carboxylic acids is 1. The van der Waals surface area contributed by atoms with Gasteiger partial charge in [0.25, 0.3) is 0 Å². The maximum absolute atomic E-state index is 11.2. The summed E-state index contributed by atoms with van der Waals surface area (Å²) in [7, 11) is 3.01. The van der Waals surface area contributed by atoms with Crippen LogP contribution in [0.15, 0.2) is 18.2 Å². The van der Waals surface area contributed by atoms with Gasteiger partial charge in [0.15, 0.2) is 11.5 Å². The maximum atomic E-state index is 11.2. The predicted molar refractivity (Wildman–Crippen MR) is 70.5 cm³/mol. The van der Waals surface area contributed by atoms with E-state index in [4.69, 9.17) is 14.6 Å². The van der Waals surface area contributed by atoms with Crippen LogP contribution in [0.2, 0.25) is 0 Å². The number of carbonyl (C=O) groups is 1. The van der Waals surface area contributed by atoms with E-state index in [2.05, 4.69) is 0 Å². The number of hydrogen-bond acceptors (Lipinski definition) is 4. The molecule has 0 aliphatic heterocycles. The van der Waals surface area contributed by atoms with Gasteiger partial charge < -0.3 is 19.7 Å². The van der Waals surface area contributed by atoms with Gasteiger partial charge >= 0.3 is 5.97 Å². The Morgan fingerprint density at radius 3 is 2.37 bits per heavy atom. The molecular weight excluding hydrogens is 248 g/mol. The largest absolute Gasteiger partial charge is 0.493 e. The van der Waals surface area contributed by atoms with E-state index < -0.39 is 18.0 Å². The molecule has 0 radical (unpaired) electrons. The van der Waals surface area contributed by atoms with E-state index in [1.807, 2.05) is 6.92 Å². The van der Waals surface area contributed by atoms with Crippen LogP contribution in [-0.4, -0.2) is 30.4 Å². The van der Waals surface area contributed by atoms with E-state index in [1.165, 1.54) is 14.2 Å². The Bertz CT molecular complexity index is 430. The van der Waals surface area contributed by atoms with Crippen molar-refractivity contribution in [1.29, 1.82) is 0 Å². The lowest BCUT2D eigenvalue weighted by Crippen LogP contribution is -2.21. The first-order valence-electron chi connectivity index (χ1n) is 6.17. The van der Waals surface area contributed by atoms with E-state index in [0.29, 0.717) is 29.9 Å². The van der Waals surface area contributed by atoms with Crippen molar-refractivity contribution in [3.8, 4) is 11.5 Å². The third kappa shape index (κ3) is 3.61. The minimum absolute atomic E-state index is 0.421. The van der Waals surface area contributed by atoms with Gasteiger partial charge in [0.05, 0.1) is 26.2 Å². The molecule has 1 aromatic rings. The summed E-state index contributed by atoms with van der Waals surface area (Å²) in [6.45, 7) is 1.89. The van der Waals surface area contributed by atoms with Crippen LogP contribution in [0.4, 0.5) is 0 Å². The molecule has 5 heteroatoms. The van der Waals surface area contributed by atoms with Crippen LogP contribution in [-0.2, 0) is 4.79 Å². The molecule has 0 saturated carbocycles. The van der Waals surface area contributed by atoms with Gasteiger partial charge in [0.1, 0.15) is 0 Å². The molecule has 0 aromatic heterocycles. The first kappa shape index (κ1) is 15.3. The summed E-state index contributed by atoms with van der Waals surface area (Å²) in [5.41, 5.74) is 0.513. The highest BCUT2D eigenvalue weighted by atomic mass is 16.5. The fourth-order valence-corrected chi connectivity index (χ4v) is 2.00. The Morgan fingerprint density at radius 2 is 1.89 bits per heavy atom. The van der Waals surface area contributed by atoms with E-state index in [1.54, 1.807) is 18.2 Å². The van der Waals surface area contributed by atoms with Crippen LogP contribution in [0.5, 0.6) is 11.5 Å². The van der Waals surface area contributed by atoms with Crippen LogP contribution in [0, 0.1) is 5.92 Å². The summed E-state index contributed by atoms with van der Waals surface area (Å²) >= 11 is 0. The molecule has 0 aliphatic rings. The van der Waals surface area contributed by atoms with Crippen LogP contribution in [0.3, 0.4) is 0 Å². The van der Waals surface area contributed by atoms with Gasteiger partial charge in [0, 0.05) is 0 Å². The maximum Gasteiger partial charge on any atom is 0.309 e. The molecule has 2 unspecified atom stereocenters. The average Bonchev–Trinajstić information content (AvgIpc) is 2.42. The van der Waals surface area contributed by atoms with Crippen LogP contribution < -0.4 is 9.47 Å². The number of aliphatic carboxylic acids is 1. The van der Waals surface area contributed by atoms with E-state index >= 15 is 0 Å². The molecule has 5 nitrogen and oxygen atoms in total. The highest BCUT2D eigenvalue weighted by Gasteiger charge is 2.27. The lowest BCUT2D eigenvalue weighted by Gasteiger charge is -2.20. The van der Waals surface area contributed by atoms with Crippen molar-refractivity contribution < 1.29 is 24.5 Å². The molecule has 0 heterocycles. The zero-order chi connectivity index (χ0) is 14.4. The number of carboxylic acid groups (broad SMARTS) is 1. The molecule has 0 amide bonds. The van der Waals surface area contributed by atoms with E-state index in [9.17, 15) is 9.90 Å². The summed E-state index contributed by atoms with van der Waals surface area (Å²) in [5, 5.41) is 19.3. The zero-order valence-electron chi connectivity index (χ0n) is 11.4.